The number of nitrogens with zero attached hydrogens (tertiary/aromatic N) is 1. The van der Waals surface area contributed by atoms with Crippen LogP contribution in [0, 0.1) is 11.7 Å². The zero-order valence-electron chi connectivity index (χ0n) is 9.12. The van der Waals surface area contributed by atoms with Gasteiger partial charge in [0.15, 0.2) is 0 Å². The van der Waals surface area contributed by atoms with Crippen molar-refractivity contribution in [3.8, 4) is 0 Å². The molecule has 2 unspecified atom stereocenters. The number of nitrogens with one attached hydrogen (secondary N) is 1. The Balaban J connectivity index is 1.86. The third-order valence-corrected chi connectivity index (χ3v) is 3.57. The van der Waals surface area contributed by atoms with E-state index in [0.717, 1.165) is 18.5 Å². The first kappa shape index (κ1) is 9.97. The summed E-state index contributed by atoms with van der Waals surface area (Å²) in [6, 6.07) is 2.14. The van der Waals surface area contributed by atoms with Crippen molar-refractivity contribution in [1.82, 2.24) is 10.3 Å². The topological polar surface area (TPSA) is 24.9 Å². The van der Waals surface area contributed by atoms with E-state index in [1.807, 2.05) is 0 Å². The number of fused-ring (bicyclic) bond motifs is 1. The van der Waals surface area contributed by atoms with Gasteiger partial charge in [-0.25, -0.2) is 4.39 Å². The normalized spacial score (nSPS) is 28.7. The van der Waals surface area contributed by atoms with Crippen molar-refractivity contribution in [2.24, 2.45) is 5.92 Å². The third kappa shape index (κ3) is 1.76. The average Bonchev–Trinajstić information content (AvgIpc) is 2.72. The predicted molar refractivity (Wildman–Crippen MR) is 61.3 cm³/mol. The second-order valence-electron chi connectivity index (χ2n) is 4.65. The van der Waals surface area contributed by atoms with Gasteiger partial charge in [-0.15, -0.1) is 0 Å². The van der Waals surface area contributed by atoms with E-state index in [-0.39, 0.29) is 5.82 Å². The monoisotopic (exact) mass is 218 g/mol. The Kier molecular flexibility index (Phi) is 2.48. The molecule has 1 aromatic heterocycles. The summed E-state index contributed by atoms with van der Waals surface area (Å²) in [6.07, 6.45) is 8.82. The molecule has 1 aliphatic carbocycles. The van der Waals surface area contributed by atoms with E-state index in [1.54, 1.807) is 12.3 Å². The number of aromatic nitrogens is 1. The van der Waals surface area contributed by atoms with Crippen LogP contribution in [-0.4, -0.2) is 17.6 Å². The number of hydrogen-bond donors (Lipinski definition) is 1. The fourth-order valence-electron chi connectivity index (χ4n) is 2.77. The van der Waals surface area contributed by atoms with Gasteiger partial charge in [-0.1, -0.05) is 6.08 Å². The second-order valence-corrected chi connectivity index (χ2v) is 4.65. The fourth-order valence-corrected chi connectivity index (χ4v) is 2.77. The Labute approximate surface area is 94.6 Å². The van der Waals surface area contributed by atoms with Gasteiger partial charge in [0.25, 0.3) is 0 Å². The highest BCUT2D eigenvalue weighted by molar-refractivity contribution is 5.68. The average molecular weight is 218 g/mol. The van der Waals surface area contributed by atoms with Crippen LogP contribution < -0.4 is 5.32 Å². The molecule has 84 valence electrons. The van der Waals surface area contributed by atoms with Crippen LogP contribution in [0.3, 0.4) is 0 Å². The highest BCUT2D eigenvalue weighted by Gasteiger charge is 2.29. The van der Waals surface area contributed by atoms with E-state index in [4.69, 9.17) is 0 Å². The summed E-state index contributed by atoms with van der Waals surface area (Å²) in [5.74, 6) is 0.383. The molecule has 0 bridgehead atoms. The largest absolute Gasteiger partial charge is 0.313 e. The van der Waals surface area contributed by atoms with Gasteiger partial charge in [0.1, 0.15) is 5.82 Å². The van der Waals surface area contributed by atoms with E-state index in [1.165, 1.54) is 24.6 Å². The molecule has 1 aromatic rings. The van der Waals surface area contributed by atoms with Crippen LogP contribution in [0.25, 0.3) is 5.57 Å². The first-order valence-corrected chi connectivity index (χ1v) is 5.88. The molecule has 0 aromatic carbocycles. The highest BCUT2D eigenvalue weighted by atomic mass is 19.1. The Morgan fingerprint density at radius 3 is 3.12 bits per heavy atom. The molecule has 1 saturated heterocycles. The molecule has 1 aliphatic heterocycles. The molecule has 3 rings (SSSR count). The molecule has 0 radical (unpaired) electrons. The minimum absolute atomic E-state index is 0.249. The number of pyridine rings is 1. The quantitative estimate of drug-likeness (QED) is 0.782. The summed E-state index contributed by atoms with van der Waals surface area (Å²) >= 11 is 0. The molecule has 0 amide bonds. The van der Waals surface area contributed by atoms with Crippen LogP contribution in [-0.2, 0) is 0 Å². The second kappa shape index (κ2) is 3.98. The lowest BCUT2D eigenvalue weighted by Gasteiger charge is -2.25. The number of hydrogen-bond acceptors (Lipinski definition) is 2. The van der Waals surface area contributed by atoms with Crippen molar-refractivity contribution in [1.29, 1.82) is 0 Å². The van der Waals surface area contributed by atoms with E-state index in [9.17, 15) is 4.39 Å². The number of piperidine rings is 1. The molecular formula is C13H15FN2. The summed E-state index contributed by atoms with van der Waals surface area (Å²) in [7, 11) is 0. The van der Waals surface area contributed by atoms with E-state index < -0.39 is 0 Å². The summed E-state index contributed by atoms with van der Waals surface area (Å²) in [5, 5.41) is 3.53. The van der Waals surface area contributed by atoms with Gasteiger partial charge < -0.3 is 5.32 Å². The molecule has 2 heterocycles. The Morgan fingerprint density at radius 1 is 1.38 bits per heavy atom. The Hall–Kier alpha value is -1.22. The Bertz CT molecular complexity index is 428. The summed E-state index contributed by atoms with van der Waals surface area (Å²) < 4.78 is 13.1. The van der Waals surface area contributed by atoms with Gasteiger partial charge in [-0.2, -0.15) is 0 Å². The van der Waals surface area contributed by atoms with Crippen molar-refractivity contribution in [3.63, 3.8) is 0 Å². The van der Waals surface area contributed by atoms with Gasteiger partial charge in [-0.05, 0) is 48.9 Å². The zero-order chi connectivity index (χ0) is 11.0. The van der Waals surface area contributed by atoms with Crippen LogP contribution >= 0.6 is 0 Å². The summed E-state index contributed by atoms with van der Waals surface area (Å²) in [4.78, 5) is 3.91. The molecule has 16 heavy (non-hydrogen) atoms. The lowest BCUT2D eigenvalue weighted by atomic mass is 9.94. The molecule has 1 fully saturated rings. The van der Waals surface area contributed by atoms with E-state index in [0.29, 0.717) is 12.0 Å². The van der Waals surface area contributed by atoms with Crippen molar-refractivity contribution >= 4 is 5.57 Å². The van der Waals surface area contributed by atoms with Crippen LogP contribution in [0.2, 0.25) is 0 Å². The number of rotatable bonds is 1. The summed E-state index contributed by atoms with van der Waals surface area (Å²) in [6.45, 7) is 1.11. The maximum absolute atomic E-state index is 13.1. The van der Waals surface area contributed by atoms with Crippen LogP contribution in [0.4, 0.5) is 4.39 Å². The van der Waals surface area contributed by atoms with E-state index in [2.05, 4.69) is 16.4 Å². The maximum Gasteiger partial charge on any atom is 0.142 e. The molecule has 2 atom stereocenters. The minimum Gasteiger partial charge on any atom is -0.313 e. The first-order chi connectivity index (χ1) is 7.83. The number of halogens is 1. The van der Waals surface area contributed by atoms with Crippen LogP contribution in [0.5, 0.6) is 0 Å². The predicted octanol–water partition coefficient (Wildman–Crippen LogP) is 2.38. The fraction of sp³-hybridized carbons (Fsp3) is 0.462. The summed E-state index contributed by atoms with van der Waals surface area (Å²) in [5.41, 5.74) is 2.19. The Morgan fingerprint density at radius 2 is 2.31 bits per heavy atom. The van der Waals surface area contributed by atoms with Crippen LogP contribution in [0.15, 0.2) is 24.5 Å². The zero-order valence-corrected chi connectivity index (χ0v) is 9.12. The molecular weight excluding hydrogens is 203 g/mol. The molecule has 3 heteroatoms. The van der Waals surface area contributed by atoms with Gasteiger partial charge in [0.2, 0.25) is 0 Å². The first-order valence-electron chi connectivity index (χ1n) is 5.88. The van der Waals surface area contributed by atoms with Gasteiger partial charge in [0, 0.05) is 12.2 Å². The van der Waals surface area contributed by atoms with Gasteiger partial charge >= 0.3 is 0 Å². The molecule has 0 saturated carbocycles. The third-order valence-electron chi connectivity index (χ3n) is 3.57. The van der Waals surface area contributed by atoms with Crippen LogP contribution in [0.1, 0.15) is 24.8 Å². The molecule has 1 N–H and O–H groups in total. The smallest absolute Gasteiger partial charge is 0.142 e. The van der Waals surface area contributed by atoms with Crippen molar-refractivity contribution in [2.75, 3.05) is 6.54 Å². The lowest BCUT2D eigenvalue weighted by molar-refractivity contribution is 0.348. The molecule has 0 spiro atoms. The van der Waals surface area contributed by atoms with Crippen molar-refractivity contribution < 1.29 is 4.39 Å². The molecule has 2 aliphatic rings. The van der Waals surface area contributed by atoms with Crippen molar-refractivity contribution in [3.05, 3.63) is 35.9 Å². The van der Waals surface area contributed by atoms with E-state index >= 15 is 0 Å². The van der Waals surface area contributed by atoms with Crippen molar-refractivity contribution in [2.45, 2.75) is 25.3 Å². The van der Waals surface area contributed by atoms with Gasteiger partial charge in [-0.3, -0.25) is 4.98 Å². The SMILES string of the molecule is Fc1cncc(C2=CC3CCCNC3C2)c1. The maximum atomic E-state index is 13.1. The standard InChI is InChI=1S/C13H15FN2/c14-12-5-11(7-15-8-12)10-4-9-2-1-3-16-13(9)6-10/h4-5,7-9,13,16H,1-3,6H2. The lowest BCUT2D eigenvalue weighted by Crippen LogP contribution is -2.37. The highest BCUT2D eigenvalue weighted by Crippen LogP contribution is 2.35. The van der Waals surface area contributed by atoms with Gasteiger partial charge in [0.05, 0.1) is 6.20 Å². The minimum atomic E-state index is -0.249. The molecule has 2 nitrogen and oxygen atoms in total.